The lowest BCUT2D eigenvalue weighted by Crippen LogP contribution is -2.25. The molecular formula is C23H23N5O4S. The van der Waals surface area contributed by atoms with E-state index in [9.17, 15) is 14.4 Å². The summed E-state index contributed by atoms with van der Waals surface area (Å²) < 4.78 is 4.88. The molecule has 1 heterocycles. The summed E-state index contributed by atoms with van der Waals surface area (Å²) in [6.07, 6.45) is 1.27. The number of nitrogens with zero attached hydrogens (tertiary/aromatic N) is 2. The van der Waals surface area contributed by atoms with E-state index < -0.39 is 5.97 Å². The fraction of sp³-hybridized carbons (Fsp3) is 0.174. The van der Waals surface area contributed by atoms with Gasteiger partial charge in [0, 0.05) is 12.7 Å². The molecule has 0 aliphatic carbocycles. The molecule has 4 N–H and O–H groups in total. The maximum atomic E-state index is 12.6. The minimum absolute atomic E-state index is 0.0157. The van der Waals surface area contributed by atoms with Gasteiger partial charge in [-0.3, -0.25) is 9.59 Å². The molecule has 0 atom stereocenters. The minimum Gasteiger partial charge on any atom is -0.462 e. The molecule has 0 aliphatic rings. The normalized spacial score (nSPS) is 10.3. The van der Waals surface area contributed by atoms with Gasteiger partial charge >= 0.3 is 5.97 Å². The highest BCUT2D eigenvalue weighted by Gasteiger charge is 2.16. The molecule has 0 saturated carbocycles. The van der Waals surface area contributed by atoms with Crippen molar-refractivity contribution in [3.63, 3.8) is 0 Å². The molecule has 10 heteroatoms. The van der Waals surface area contributed by atoms with Crippen molar-refractivity contribution in [2.24, 2.45) is 0 Å². The van der Waals surface area contributed by atoms with Crippen LogP contribution in [0.5, 0.6) is 0 Å². The monoisotopic (exact) mass is 465 g/mol. The molecule has 0 bridgehead atoms. The third kappa shape index (κ3) is 6.78. The zero-order valence-corrected chi connectivity index (χ0v) is 18.7. The Balaban J connectivity index is 1.58. The van der Waals surface area contributed by atoms with Crippen molar-refractivity contribution >= 4 is 41.1 Å². The molecular weight excluding hydrogens is 442 g/mol. The van der Waals surface area contributed by atoms with Crippen LogP contribution in [0, 0.1) is 0 Å². The molecule has 3 aromatic rings. The molecule has 2 amide bonds. The Hall–Kier alpha value is -3.92. The van der Waals surface area contributed by atoms with Gasteiger partial charge in [0.2, 0.25) is 5.91 Å². The van der Waals surface area contributed by atoms with Crippen molar-refractivity contribution in [2.45, 2.75) is 18.6 Å². The molecule has 1 aromatic heterocycles. The van der Waals surface area contributed by atoms with Crippen molar-refractivity contribution in [1.29, 1.82) is 0 Å². The number of benzene rings is 2. The number of nitrogens with one attached hydrogen (secondary N) is 2. The van der Waals surface area contributed by atoms with Crippen molar-refractivity contribution < 1.29 is 19.1 Å². The van der Waals surface area contributed by atoms with Crippen LogP contribution in [0.4, 0.5) is 11.5 Å². The summed E-state index contributed by atoms with van der Waals surface area (Å²) in [6, 6.07) is 16.3. The molecule has 9 nitrogen and oxygen atoms in total. The van der Waals surface area contributed by atoms with E-state index in [-0.39, 0.29) is 40.7 Å². The van der Waals surface area contributed by atoms with Crippen molar-refractivity contribution in [1.82, 2.24) is 15.3 Å². The predicted octanol–water partition coefficient (Wildman–Crippen LogP) is 2.90. The highest BCUT2D eigenvalue weighted by Crippen LogP contribution is 2.19. The summed E-state index contributed by atoms with van der Waals surface area (Å²) in [5.41, 5.74) is 7.58. The zero-order valence-electron chi connectivity index (χ0n) is 17.9. The summed E-state index contributed by atoms with van der Waals surface area (Å²) >= 11 is 1.05. The van der Waals surface area contributed by atoms with Crippen LogP contribution >= 0.6 is 11.8 Å². The van der Waals surface area contributed by atoms with Gasteiger partial charge in [0.1, 0.15) is 11.4 Å². The van der Waals surface area contributed by atoms with Crippen LogP contribution in [0.3, 0.4) is 0 Å². The Morgan fingerprint density at radius 2 is 1.76 bits per heavy atom. The second-order valence-corrected chi connectivity index (χ2v) is 7.67. The van der Waals surface area contributed by atoms with Crippen LogP contribution in [0.2, 0.25) is 0 Å². The lowest BCUT2D eigenvalue weighted by atomic mass is 10.1. The van der Waals surface area contributed by atoms with Gasteiger partial charge in [-0.25, -0.2) is 14.8 Å². The minimum atomic E-state index is -0.605. The number of nitrogen functional groups attached to an aromatic ring is 1. The highest BCUT2D eigenvalue weighted by atomic mass is 32.2. The van der Waals surface area contributed by atoms with E-state index >= 15 is 0 Å². The number of nitrogens with two attached hydrogens (primary N) is 1. The number of ether oxygens (including phenoxy) is 1. The lowest BCUT2D eigenvalue weighted by molar-refractivity contribution is -0.113. The van der Waals surface area contributed by atoms with Crippen LogP contribution in [0.15, 0.2) is 66.0 Å². The zero-order chi connectivity index (χ0) is 23.6. The summed E-state index contributed by atoms with van der Waals surface area (Å²) in [6.45, 7) is 2.27. The number of carbonyl (C=O) groups excluding carboxylic acids is 3. The van der Waals surface area contributed by atoms with Gasteiger partial charge in [0.25, 0.3) is 5.91 Å². The maximum Gasteiger partial charge on any atom is 0.343 e. The first-order valence-electron chi connectivity index (χ1n) is 10.1. The van der Waals surface area contributed by atoms with E-state index in [2.05, 4.69) is 20.6 Å². The van der Waals surface area contributed by atoms with Crippen molar-refractivity contribution in [2.75, 3.05) is 23.4 Å². The largest absolute Gasteiger partial charge is 0.462 e. The number of hydrogen-bond acceptors (Lipinski definition) is 8. The third-order valence-corrected chi connectivity index (χ3v) is 5.23. The van der Waals surface area contributed by atoms with Gasteiger partial charge in [-0.15, -0.1) is 0 Å². The number of carbonyl (C=O) groups is 3. The summed E-state index contributed by atoms with van der Waals surface area (Å²) in [4.78, 5) is 45.0. The first-order chi connectivity index (χ1) is 16.0. The van der Waals surface area contributed by atoms with Gasteiger partial charge in [-0.1, -0.05) is 54.2 Å². The second-order valence-electron chi connectivity index (χ2n) is 6.72. The highest BCUT2D eigenvalue weighted by molar-refractivity contribution is 7.99. The predicted molar refractivity (Wildman–Crippen MR) is 126 cm³/mol. The quantitative estimate of drug-likeness (QED) is 0.249. The number of amides is 2. The third-order valence-electron chi connectivity index (χ3n) is 4.37. The number of thioether (sulfide) groups is 1. The van der Waals surface area contributed by atoms with Gasteiger partial charge < -0.3 is 21.1 Å². The average molecular weight is 466 g/mol. The first kappa shape index (κ1) is 23.7. The molecule has 0 aliphatic heterocycles. The van der Waals surface area contributed by atoms with E-state index in [0.717, 1.165) is 17.3 Å². The summed E-state index contributed by atoms with van der Waals surface area (Å²) in [7, 11) is 0. The number of rotatable bonds is 9. The van der Waals surface area contributed by atoms with Crippen LogP contribution in [-0.4, -0.2) is 40.1 Å². The average Bonchev–Trinajstić information content (AvgIpc) is 2.82. The fourth-order valence-corrected chi connectivity index (χ4v) is 3.42. The molecule has 2 aromatic carbocycles. The Bertz CT molecular complexity index is 1140. The molecule has 170 valence electrons. The lowest BCUT2D eigenvalue weighted by Gasteiger charge is -2.11. The van der Waals surface area contributed by atoms with Crippen molar-refractivity contribution in [3.05, 3.63) is 77.5 Å². The molecule has 0 spiro atoms. The maximum absolute atomic E-state index is 12.6. The number of esters is 1. The summed E-state index contributed by atoms with van der Waals surface area (Å²) in [5, 5.41) is 5.83. The van der Waals surface area contributed by atoms with Crippen LogP contribution in [-0.2, 0) is 16.1 Å². The SMILES string of the molecule is CCOC(=O)c1cnc(SCC(=O)Nc2ccccc2C(=O)NCc2ccccc2)nc1N. The Kier molecular flexibility index (Phi) is 8.36. The standard InChI is InChI=1S/C23H23N5O4S/c1-2-32-22(31)17-13-26-23(28-20(17)24)33-14-19(29)27-18-11-7-6-10-16(18)21(30)25-12-15-8-4-3-5-9-15/h3-11,13H,2,12,14H2,1H3,(H,25,30)(H,27,29)(H2,24,26,28). The van der Waals surface area contributed by atoms with E-state index in [1.54, 1.807) is 31.2 Å². The van der Waals surface area contributed by atoms with E-state index in [4.69, 9.17) is 10.5 Å². The molecule has 3 rings (SSSR count). The number of hydrogen-bond donors (Lipinski definition) is 3. The van der Waals surface area contributed by atoms with Crippen LogP contribution < -0.4 is 16.4 Å². The van der Waals surface area contributed by atoms with Gasteiger partial charge in [0.05, 0.1) is 23.6 Å². The number of anilines is 2. The van der Waals surface area contributed by atoms with Gasteiger partial charge in [0.15, 0.2) is 5.16 Å². The smallest absolute Gasteiger partial charge is 0.343 e. The Morgan fingerprint density at radius 3 is 2.48 bits per heavy atom. The topological polar surface area (TPSA) is 136 Å². The number of aromatic nitrogens is 2. The van der Waals surface area contributed by atoms with E-state index in [1.807, 2.05) is 30.3 Å². The Labute approximate surface area is 195 Å². The van der Waals surface area contributed by atoms with Crippen LogP contribution in [0.1, 0.15) is 33.2 Å². The van der Waals surface area contributed by atoms with E-state index in [0.29, 0.717) is 17.8 Å². The first-order valence-corrected chi connectivity index (χ1v) is 11.1. The Morgan fingerprint density at radius 1 is 1.03 bits per heavy atom. The van der Waals surface area contributed by atoms with Gasteiger partial charge in [-0.2, -0.15) is 0 Å². The summed E-state index contributed by atoms with van der Waals surface area (Å²) in [5.74, 6) is -1.29. The van der Waals surface area contributed by atoms with Crippen LogP contribution in [0.25, 0.3) is 0 Å². The second kappa shape index (κ2) is 11.6. The van der Waals surface area contributed by atoms with Crippen molar-refractivity contribution in [3.8, 4) is 0 Å². The molecule has 33 heavy (non-hydrogen) atoms. The molecule has 0 radical (unpaired) electrons. The molecule has 0 fully saturated rings. The van der Waals surface area contributed by atoms with Gasteiger partial charge in [-0.05, 0) is 24.6 Å². The molecule has 0 unspecified atom stereocenters. The fourth-order valence-electron chi connectivity index (χ4n) is 2.79. The van der Waals surface area contributed by atoms with E-state index in [1.165, 1.54) is 6.20 Å². The number of para-hydroxylation sites is 1. The molecule has 0 saturated heterocycles.